The molecule has 0 bridgehead atoms. The van der Waals surface area contributed by atoms with Crippen molar-refractivity contribution >= 4 is 18.0 Å². The summed E-state index contributed by atoms with van der Waals surface area (Å²) in [7, 11) is 0. The van der Waals surface area contributed by atoms with Gasteiger partial charge in [0.1, 0.15) is 5.60 Å². The van der Waals surface area contributed by atoms with Crippen LogP contribution in [0.4, 0.5) is 0 Å². The Labute approximate surface area is 149 Å². The molecular formula is C21H22O4. The van der Waals surface area contributed by atoms with Crippen LogP contribution in [0.15, 0.2) is 36.1 Å². The Balaban J connectivity index is 2.65. The number of esters is 2. The predicted molar refractivity (Wildman–Crippen MR) is 96.8 cm³/mol. The average molecular weight is 338 g/mol. The molecular weight excluding hydrogens is 316 g/mol. The number of rotatable bonds is 4. The maximum Gasteiger partial charge on any atom is 0.308 e. The summed E-state index contributed by atoms with van der Waals surface area (Å²) in [6.45, 7) is 6.76. The van der Waals surface area contributed by atoms with Crippen LogP contribution in [0.3, 0.4) is 0 Å². The minimum atomic E-state index is -0.495. The number of carbonyl (C=O) groups excluding carboxylic acids is 2. The first-order valence-corrected chi connectivity index (χ1v) is 7.92. The van der Waals surface area contributed by atoms with E-state index >= 15 is 0 Å². The van der Waals surface area contributed by atoms with E-state index in [1.54, 1.807) is 6.08 Å². The summed E-state index contributed by atoms with van der Waals surface area (Å²) < 4.78 is 10.2. The van der Waals surface area contributed by atoms with Crippen LogP contribution in [-0.4, -0.2) is 17.5 Å². The molecule has 130 valence electrons. The fraction of sp³-hybridized carbons (Fsp3) is 0.333. The zero-order chi connectivity index (χ0) is 18.7. The van der Waals surface area contributed by atoms with Crippen molar-refractivity contribution in [3.8, 4) is 23.7 Å². The van der Waals surface area contributed by atoms with E-state index in [1.165, 1.54) is 6.92 Å². The van der Waals surface area contributed by atoms with Crippen LogP contribution in [0.5, 0.6) is 0 Å². The van der Waals surface area contributed by atoms with E-state index in [9.17, 15) is 9.59 Å². The summed E-state index contributed by atoms with van der Waals surface area (Å²) in [5.41, 5.74) is 0.372. The highest BCUT2D eigenvalue weighted by molar-refractivity contribution is 5.71. The van der Waals surface area contributed by atoms with Crippen LogP contribution in [0, 0.1) is 23.7 Å². The van der Waals surface area contributed by atoms with E-state index < -0.39 is 11.6 Å². The Morgan fingerprint density at radius 3 is 2.40 bits per heavy atom. The molecule has 0 N–H and O–H groups in total. The Morgan fingerprint density at radius 2 is 1.80 bits per heavy atom. The topological polar surface area (TPSA) is 52.6 Å². The standard InChI is InChI=1S/C21H22O4/c1-17(22)24-19(16-18-12-8-7-9-13-18)14-10-5-6-11-15-20(23)25-21(2,3)4/h7-9,12-13,16H,11,15H2,1-4H3/b19-16-. The van der Waals surface area contributed by atoms with Crippen molar-refractivity contribution < 1.29 is 19.1 Å². The molecule has 0 spiro atoms. The van der Waals surface area contributed by atoms with Crippen LogP contribution in [0.25, 0.3) is 6.08 Å². The molecule has 0 radical (unpaired) electrons. The van der Waals surface area contributed by atoms with Crippen molar-refractivity contribution in [1.29, 1.82) is 0 Å². The number of carbonyl (C=O) groups is 2. The quantitative estimate of drug-likeness (QED) is 0.477. The molecule has 0 saturated heterocycles. The normalized spacial score (nSPS) is 10.6. The molecule has 0 heterocycles. The SMILES string of the molecule is CC(=O)O/C(C#CC#CCCC(=O)OC(C)(C)C)=C\c1ccccc1. The lowest BCUT2D eigenvalue weighted by Gasteiger charge is -2.18. The van der Waals surface area contributed by atoms with Crippen molar-refractivity contribution in [2.45, 2.75) is 46.1 Å². The molecule has 0 saturated carbocycles. The summed E-state index contributed by atoms with van der Waals surface area (Å²) in [5, 5.41) is 0. The Kier molecular flexibility index (Phi) is 8.03. The second-order valence-corrected chi connectivity index (χ2v) is 6.15. The molecule has 0 aliphatic carbocycles. The summed E-state index contributed by atoms with van der Waals surface area (Å²) >= 11 is 0. The van der Waals surface area contributed by atoms with Crippen LogP contribution in [0.2, 0.25) is 0 Å². The summed E-state index contributed by atoms with van der Waals surface area (Å²) in [4.78, 5) is 22.7. The zero-order valence-corrected chi connectivity index (χ0v) is 15.0. The molecule has 0 aliphatic rings. The van der Waals surface area contributed by atoms with E-state index in [0.29, 0.717) is 6.42 Å². The van der Waals surface area contributed by atoms with Gasteiger partial charge in [-0.1, -0.05) is 36.3 Å². The van der Waals surface area contributed by atoms with Crippen LogP contribution >= 0.6 is 0 Å². The van der Waals surface area contributed by atoms with Gasteiger partial charge < -0.3 is 9.47 Å². The average Bonchev–Trinajstić information content (AvgIpc) is 2.49. The first-order valence-electron chi connectivity index (χ1n) is 7.92. The minimum absolute atomic E-state index is 0.211. The highest BCUT2D eigenvalue weighted by Crippen LogP contribution is 2.09. The lowest BCUT2D eigenvalue weighted by Crippen LogP contribution is -2.23. The monoisotopic (exact) mass is 338 g/mol. The molecule has 0 amide bonds. The third kappa shape index (κ3) is 10.4. The molecule has 1 rings (SSSR count). The van der Waals surface area contributed by atoms with Crippen molar-refractivity contribution in [2.75, 3.05) is 0 Å². The molecule has 25 heavy (non-hydrogen) atoms. The summed E-state index contributed by atoms with van der Waals surface area (Å²) in [5.74, 6) is 10.2. The lowest BCUT2D eigenvalue weighted by molar-refractivity contribution is -0.154. The van der Waals surface area contributed by atoms with E-state index in [-0.39, 0.29) is 18.1 Å². The molecule has 4 nitrogen and oxygen atoms in total. The Hall–Kier alpha value is -2.98. The molecule has 0 fully saturated rings. The highest BCUT2D eigenvalue weighted by atomic mass is 16.6. The number of ether oxygens (including phenoxy) is 2. The van der Waals surface area contributed by atoms with Gasteiger partial charge in [0.2, 0.25) is 0 Å². The number of allylic oxidation sites excluding steroid dienone is 1. The molecule has 1 aromatic rings. The second-order valence-electron chi connectivity index (χ2n) is 6.15. The van der Waals surface area contributed by atoms with Crippen LogP contribution in [0.1, 0.15) is 46.1 Å². The zero-order valence-electron chi connectivity index (χ0n) is 15.0. The van der Waals surface area contributed by atoms with E-state index in [4.69, 9.17) is 9.47 Å². The largest absolute Gasteiger partial charge is 0.460 e. The first-order chi connectivity index (χ1) is 11.8. The summed E-state index contributed by atoms with van der Waals surface area (Å²) in [6.07, 6.45) is 2.23. The van der Waals surface area contributed by atoms with Gasteiger partial charge in [-0.05, 0) is 50.2 Å². The fourth-order valence-corrected chi connectivity index (χ4v) is 1.70. The Bertz CT molecular complexity index is 744. The van der Waals surface area contributed by atoms with Crippen molar-refractivity contribution in [3.63, 3.8) is 0 Å². The van der Waals surface area contributed by atoms with Crippen molar-refractivity contribution in [1.82, 2.24) is 0 Å². The molecule has 0 aliphatic heterocycles. The second kappa shape index (κ2) is 10.0. The van der Waals surface area contributed by atoms with Gasteiger partial charge in [-0.3, -0.25) is 9.59 Å². The van der Waals surface area contributed by atoms with Gasteiger partial charge in [0, 0.05) is 13.3 Å². The van der Waals surface area contributed by atoms with Crippen LogP contribution < -0.4 is 0 Å². The molecule has 0 atom stereocenters. The smallest absolute Gasteiger partial charge is 0.308 e. The number of hydrogen-bond acceptors (Lipinski definition) is 4. The van der Waals surface area contributed by atoms with Crippen molar-refractivity contribution in [2.24, 2.45) is 0 Å². The van der Waals surface area contributed by atoms with Gasteiger partial charge in [0.25, 0.3) is 0 Å². The predicted octanol–water partition coefficient (Wildman–Crippen LogP) is 3.72. The minimum Gasteiger partial charge on any atom is -0.460 e. The van der Waals surface area contributed by atoms with Gasteiger partial charge >= 0.3 is 11.9 Å². The molecule has 1 aromatic carbocycles. The molecule has 0 unspecified atom stereocenters. The number of benzene rings is 1. The van der Waals surface area contributed by atoms with Gasteiger partial charge in [-0.25, -0.2) is 0 Å². The maximum atomic E-state index is 11.5. The fourth-order valence-electron chi connectivity index (χ4n) is 1.70. The first kappa shape index (κ1) is 20.1. The highest BCUT2D eigenvalue weighted by Gasteiger charge is 2.15. The third-order valence-corrected chi connectivity index (χ3v) is 2.56. The van der Waals surface area contributed by atoms with Gasteiger partial charge in [0.05, 0.1) is 6.42 Å². The third-order valence-electron chi connectivity index (χ3n) is 2.56. The van der Waals surface area contributed by atoms with Crippen molar-refractivity contribution in [3.05, 3.63) is 41.7 Å². The number of hydrogen-bond donors (Lipinski definition) is 0. The van der Waals surface area contributed by atoms with Crippen LogP contribution in [-0.2, 0) is 19.1 Å². The van der Waals surface area contributed by atoms with E-state index in [2.05, 4.69) is 23.7 Å². The molecule has 0 aromatic heterocycles. The summed E-state index contributed by atoms with van der Waals surface area (Å²) in [6, 6.07) is 9.39. The van der Waals surface area contributed by atoms with E-state index in [1.807, 2.05) is 51.1 Å². The van der Waals surface area contributed by atoms with E-state index in [0.717, 1.165) is 5.56 Å². The van der Waals surface area contributed by atoms with Gasteiger partial charge in [-0.2, -0.15) is 0 Å². The van der Waals surface area contributed by atoms with Gasteiger partial charge in [-0.15, -0.1) is 0 Å². The maximum absolute atomic E-state index is 11.5. The Morgan fingerprint density at radius 1 is 1.12 bits per heavy atom. The lowest BCUT2D eigenvalue weighted by atomic mass is 10.2. The molecule has 4 heteroatoms. The van der Waals surface area contributed by atoms with Gasteiger partial charge in [0.15, 0.2) is 5.76 Å².